The molecular weight excluding hydrogens is 270 g/mol. The lowest BCUT2D eigenvalue weighted by Crippen LogP contribution is -2.46. The highest BCUT2D eigenvalue weighted by molar-refractivity contribution is 5.92. The molecule has 1 aliphatic heterocycles. The zero-order valence-electron chi connectivity index (χ0n) is 12.0. The second kappa shape index (κ2) is 6.99. The molecule has 1 amide bonds. The molecule has 1 fully saturated rings. The number of piperidine rings is 1. The molecular formula is C15H19N3O3. The van der Waals surface area contributed by atoms with Gasteiger partial charge in [-0.15, -0.1) is 0 Å². The second-order valence-corrected chi connectivity index (χ2v) is 5.06. The Bertz CT molecular complexity index is 557. The molecule has 1 atom stereocenters. The maximum absolute atomic E-state index is 12.2. The Morgan fingerprint density at radius 2 is 2.24 bits per heavy atom. The molecule has 1 unspecified atom stereocenters. The summed E-state index contributed by atoms with van der Waals surface area (Å²) >= 11 is 0. The summed E-state index contributed by atoms with van der Waals surface area (Å²) in [6.45, 7) is 1.41. The van der Waals surface area contributed by atoms with Gasteiger partial charge in [0.05, 0.1) is 10.5 Å². The summed E-state index contributed by atoms with van der Waals surface area (Å²) in [5.74, 6) is -0.104. The van der Waals surface area contributed by atoms with Gasteiger partial charge in [-0.3, -0.25) is 14.9 Å². The normalized spacial score (nSPS) is 18.9. The maximum atomic E-state index is 12.2. The first-order chi connectivity index (χ1) is 10.1. The Labute approximate surface area is 123 Å². The summed E-state index contributed by atoms with van der Waals surface area (Å²) < 4.78 is 0. The van der Waals surface area contributed by atoms with Crippen LogP contribution in [0, 0.1) is 10.1 Å². The van der Waals surface area contributed by atoms with Crippen molar-refractivity contribution >= 4 is 17.7 Å². The SMILES string of the molecule is CNC1CCCN(C(=O)C=Cc2ccccc2[N+](=O)[O-])C1. The quantitative estimate of drug-likeness (QED) is 0.521. The molecule has 1 aromatic carbocycles. The Balaban J connectivity index is 2.07. The third-order valence-electron chi connectivity index (χ3n) is 3.68. The number of rotatable bonds is 4. The molecule has 0 saturated carbocycles. The summed E-state index contributed by atoms with van der Waals surface area (Å²) in [4.78, 5) is 24.4. The number of hydrogen-bond donors (Lipinski definition) is 1. The zero-order chi connectivity index (χ0) is 15.2. The van der Waals surface area contributed by atoms with Gasteiger partial charge in [-0.1, -0.05) is 12.1 Å². The minimum Gasteiger partial charge on any atom is -0.338 e. The molecule has 0 spiro atoms. The molecule has 1 heterocycles. The van der Waals surface area contributed by atoms with Gasteiger partial charge in [-0.2, -0.15) is 0 Å². The largest absolute Gasteiger partial charge is 0.338 e. The highest BCUT2D eigenvalue weighted by Gasteiger charge is 2.21. The topological polar surface area (TPSA) is 75.5 Å². The van der Waals surface area contributed by atoms with Crippen LogP contribution in [0.2, 0.25) is 0 Å². The summed E-state index contributed by atoms with van der Waals surface area (Å²) in [6.07, 6.45) is 4.97. The molecule has 0 radical (unpaired) electrons. The summed E-state index contributed by atoms with van der Waals surface area (Å²) in [6, 6.07) is 6.72. The van der Waals surface area contributed by atoms with Crippen LogP contribution in [0.25, 0.3) is 6.08 Å². The number of carbonyl (C=O) groups is 1. The molecule has 0 aliphatic carbocycles. The van der Waals surface area contributed by atoms with Crippen LogP contribution >= 0.6 is 0 Å². The first-order valence-electron chi connectivity index (χ1n) is 6.99. The molecule has 6 heteroatoms. The molecule has 0 aromatic heterocycles. The van der Waals surface area contributed by atoms with E-state index in [-0.39, 0.29) is 11.6 Å². The van der Waals surface area contributed by atoms with E-state index in [0.29, 0.717) is 18.2 Å². The van der Waals surface area contributed by atoms with Gasteiger partial charge in [-0.25, -0.2) is 0 Å². The highest BCUT2D eigenvalue weighted by Crippen LogP contribution is 2.19. The van der Waals surface area contributed by atoms with Crippen LogP contribution in [0.3, 0.4) is 0 Å². The number of nitro groups is 1. The first kappa shape index (κ1) is 15.2. The van der Waals surface area contributed by atoms with E-state index < -0.39 is 4.92 Å². The van der Waals surface area contributed by atoms with Crippen LogP contribution in [-0.2, 0) is 4.79 Å². The summed E-state index contributed by atoms with van der Waals surface area (Å²) in [5, 5.41) is 14.1. The van der Waals surface area contributed by atoms with Crippen molar-refractivity contribution in [3.63, 3.8) is 0 Å². The minimum atomic E-state index is -0.442. The van der Waals surface area contributed by atoms with Gasteiger partial charge >= 0.3 is 0 Å². The van der Waals surface area contributed by atoms with Gasteiger partial charge in [0.2, 0.25) is 5.91 Å². The van der Waals surface area contributed by atoms with E-state index in [4.69, 9.17) is 0 Å². The molecule has 2 rings (SSSR count). The van der Waals surface area contributed by atoms with Crippen molar-refractivity contribution in [2.24, 2.45) is 0 Å². The van der Waals surface area contributed by atoms with E-state index in [1.165, 1.54) is 18.2 Å². The van der Waals surface area contributed by atoms with E-state index in [1.807, 2.05) is 7.05 Å². The predicted octanol–water partition coefficient (Wildman–Crippen LogP) is 1.82. The summed E-state index contributed by atoms with van der Waals surface area (Å²) in [7, 11) is 1.89. The molecule has 1 saturated heterocycles. The fourth-order valence-electron chi connectivity index (χ4n) is 2.47. The van der Waals surface area contributed by atoms with Crippen LogP contribution in [0.1, 0.15) is 18.4 Å². The van der Waals surface area contributed by atoms with Gasteiger partial charge in [-0.05, 0) is 32.0 Å². The number of benzene rings is 1. The van der Waals surface area contributed by atoms with Crippen LogP contribution in [0.5, 0.6) is 0 Å². The van der Waals surface area contributed by atoms with Crippen LogP contribution < -0.4 is 5.32 Å². The lowest BCUT2D eigenvalue weighted by atomic mass is 10.1. The first-order valence-corrected chi connectivity index (χ1v) is 6.99. The molecule has 0 bridgehead atoms. The van der Waals surface area contributed by atoms with E-state index >= 15 is 0 Å². The smallest absolute Gasteiger partial charge is 0.276 e. The summed E-state index contributed by atoms with van der Waals surface area (Å²) in [5.41, 5.74) is 0.450. The maximum Gasteiger partial charge on any atom is 0.276 e. The fourth-order valence-corrected chi connectivity index (χ4v) is 2.47. The molecule has 6 nitrogen and oxygen atoms in total. The van der Waals surface area contributed by atoms with Gasteiger partial charge in [0, 0.05) is 31.3 Å². The van der Waals surface area contributed by atoms with E-state index in [2.05, 4.69) is 5.32 Å². The second-order valence-electron chi connectivity index (χ2n) is 5.06. The number of likely N-dealkylation sites (tertiary alicyclic amines) is 1. The lowest BCUT2D eigenvalue weighted by Gasteiger charge is -2.31. The number of nitrogens with zero attached hydrogens (tertiary/aromatic N) is 2. The predicted molar refractivity (Wildman–Crippen MR) is 80.8 cm³/mol. The number of amides is 1. The van der Waals surface area contributed by atoms with Crippen molar-refractivity contribution in [1.82, 2.24) is 10.2 Å². The van der Waals surface area contributed by atoms with Crippen molar-refractivity contribution in [2.45, 2.75) is 18.9 Å². The third-order valence-corrected chi connectivity index (χ3v) is 3.68. The van der Waals surface area contributed by atoms with Crippen LogP contribution in [0.4, 0.5) is 5.69 Å². The monoisotopic (exact) mass is 289 g/mol. The van der Waals surface area contributed by atoms with Gasteiger partial charge in [0.15, 0.2) is 0 Å². The van der Waals surface area contributed by atoms with Crippen molar-refractivity contribution < 1.29 is 9.72 Å². The number of nitrogens with one attached hydrogen (secondary N) is 1. The van der Waals surface area contributed by atoms with E-state index in [1.54, 1.807) is 23.1 Å². The van der Waals surface area contributed by atoms with Crippen molar-refractivity contribution in [2.75, 3.05) is 20.1 Å². The molecule has 21 heavy (non-hydrogen) atoms. The van der Waals surface area contributed by atoms with Crippen molar-refractivity contribution in [3.05, 3.63) is 46.0 Å². The third kappa shape index (κ3) is 3.88. The molecule has 112 valence electrons. The Hall–Kier alpha value is -2.21. The van der Waals surface area contributed by atoms with E-state index in [0.717, 1.165) is 19.4 Å². The molecule has 1 N–H and O–H groups in total. The molecule has 1 aliphatic rings. The van der Waals surface area contributed by atoms with Gasteiger partial charge in [0.1, 0.15) is 0 Å². The average molecular weight is 289 g/mol. The Kier molecular flexibility index (Phi) is 5.05. The lowest BCUT2D eigenvalue weighted by molar-refractivity contribution is -0.385. The minimum absolute atomic E-state index is 0.00768. The Morgan fingerprint density at radius 1 is 1.48 bits per heavy atom. The highest BCUT2D eigenvalue weighted by atomic mass is 16.6. The van der Waals surface area contributed by atoms with Gasteiger partial charge < -0.3 is 10.2 Å². The number of hydrogen-bond acceptors (Lipinski definition) is 4. The number of carbonyl (C=O) groups excluding carboxylic acids is 1. The Morgan fingerprint density at radius 3 is 2.95 bits per heavy atom. The number of nitro benzene ring substituents is 1. The zero-order valence-corrected chi connectivity index (χ0v) is 12.0. The van der Waals surface area contributed by atoms with Crippen LogP contribution in [-0.4, -0.2) is 41.9 Å². The number of likely N-dealkylation sites (N-methyl/N-ethyl adjacent to an activating group) is 1. The van der Waals surface area contributed by atoms with Gasteiger partial charge in [0.25, 0.3) is 5.69 Å². The van der Waals surface area contributed by atoms with Crippen molar-refractivity contribution in [3.8, 4) is 0 Å². The van der Waals surface area contributed by atoms with Crippen LogP contribution in [0.15, 0.2) is 30.3 Å². The molecule has 1 aromatic rings. The van der Waals surface area contributed by atoms with Crippen molar-refractivity contribution in [1.29, 1.82) is 0 Å². The average Bonchev–Trinajstić information content (AvgIpc) is 2.52. The fraction of sp³-hybridized carbons (Fsp3) is 0.400. The van der Waals surface area contributed by atoms with E-state index in [9.17, 15) is 14.9 Å². The standard InChI is InChI=1S/C15H19N3O3/c1-16-13-6-4-10-17(11-13)15(19)9-8-12-5-2-3-7-14(12)18(20)21/h2-3,5,7-9,13,16H,4,6,10-11H2,1H3. The number of para-hydroxylation sites is 1.